The van der Waals surface area contributed by atoms with Crippen LogP contribution in [0.5, 0.6) is 0 Å². The van der Waals surface area contributed by atoms with Crippen LogP contribution < -0.4 is 5.32 Å². The number of ether oxygens (including phenoxy) is 1. The van der Waals surface area contributed by atoms with E-state index in [1.54, 1.807) is 0 Å². The van der Waals surface area contributed by atoms with Crippen LogP contribution >= 0.6 is 11.8 Å². The van der Waals surface area contributed by atoms with Gasteiger partial charge in [-0.2, -0.15) is 11.8 Å². The number of hydrogen-bond acceptors (Lipinski definition) is 3. The first kappa shape index (κ1) is 15.4. The topological polar surface area (TPSA) is 21.3 Å². The quantitative estimate of drug-likeness (QED) is 0.910. The molecular weight excluding hydrogens is 278 g/mol. The number of thioether (sulfide) groups is 1. The van der Waals surface area contributed by atoms with Gasteiger partial charge in [0.05, 0.1) is 5.60 Å². The van der Waals surface area contributed by atoms with E-state index in [1.165, 1.54) is 35.5 Å². The van der Waals surface area contributed by atoms with Gasteiger partial charge < -0.3 is 10.1 Å². The van der Waals surface area contributed by atoms with Crippen molar-refractivity contribution in [3.05, 3.63) is 35.4 Å². The van der Waals surface area contributed by atoms with E-state index >= 15 is 0 Å². The maximum absolute atomic E-state index is 6.11. The van der Waals surface area contributed by atoms with Gasteiger partial charge in [-0.05, 0) is 49.5 Å². The monoisotopic (exact) mass is 305 g/mol. The SMILES string of the molecule is CCc1ccc(C(C)NC2CCOC3(CCSC3)C2)cc1. The highest BCUT2D eigenvalue weighted by Gasteiger charge is 2.40. The minimum Gasteiger partial charge on any atom is -0.374 e. The van der Waals surface area contributed by atoms with Crippen molar-refractivity contribution in [3.63, 3.8) is 0 Å². The molecule has 1 spiro atoms. The van der Waals surface area contributed by atoms with Gasteiger partial charge in [-0.25, -0.2) is 0 Å². The summed E-state index contributed by atoms with van der Waals surface area (Å²) in [6.07, 6.45) is 4.67. The fraction of sp³-hybridized carbons (Fsp3) is 0.667. The highest BCUT2D eigenvalue weighted by Crippen LogP contribution is 2.38. The van der Waals surface area contributed by atoms with Crippen LogP contribution in [0.4, 0.5) is 0 Å². The summed E-state index contributed by atoms with van der Waals surface area (Å²) in [4.78, 5) is 0. The van der Waals surface area contributed by atoms with Crippen LogP contribution in [0, 0.1) is 0 Å². The van der Waals surface area contributed by atoms with E-state index in [-0.39, 0.29) is 5.60 Å². The lowest BCUT2D eigenvalue weighted by Crippen LogP contribution is -2.47. The van der Waals surface area contributed by atoms with E-state index < -0.39 is 0 Å². The maximum Gasteiger partial charge on any atom is 0.0795 e. The number of rotatable bonds is 4. The van der Waals surface area contributed by atoms with Gasteiger partial charge in [0.25, 0.3) is 0 Å². The van der Waals surface area contributed by atoms with E-state index in [0.29, 0.717) is 12.1 Å². The van der Waals surface area contributed by atoms with Crippen molar-refractivity contribution < 1.29 is 4.74 Å². The molecule has 0 aromatic heterocycles. The summed E-state index contributed by atoms with van der Waals surface area (Å²) >= 11 is 2.05. The summed E-state index contributed by atoms with van der Waals surface area (Å²) in [5.74, 6) is 2.45. The summed E-state index contributed by atoms with van der Waals surface area (Å²) in [5.41, 5.74) is 2.99. The second kappa shape index (κ2) is 6.72. The van der Waals surface area contributed by atoms with Crippen LogP contribution in [0.15, 0.2) is 24.3 Å². The molecule has 1 N–H and O–H groups in total. The number of nitrogens with one attached hydrogen (secondary N) is 1. The molecule has 21 heavy (non-hydrogen) atoms. The molecule has 2 aliphatic heterocycles. The standard InChI is InChI=1S/C18H27NOS/c1-3-15-4-6-16(7-5-15)14(2)19-17-8-10-20-18(12-17)9-11-21-13-18/h4-7,14,17,19H,3,8-13H2,1-2H3. The first-order valence-electron chi connectivity index (χ1n) is 8.27. The van der Waals surface area contributed by atoms with Crippen LogP contribution in [0.2, 0.25) is 0 Å². The number of hydrogen-bond donors (Lipinski definition) is 1. The zero-order valence-electron chi connectivity index (χ0n) is 13.2. The summed E-state index contributed by atoms with van der Waals surface area (Å²) < 4.78 is 6.11. The molecule has 0 aliphatic carbocycles. The molecule has 1 aromatic rings. The van der Waals surface area contributed by atoms with Gasteiger partial charge >= 0.3 is 0 Å². The predicted molar refractivity (Wildman–Crippen MR) is 91.0 cm³/mol. The molecule has 0 bridgehead atoms. The molecule has 3 rings (SSSR count). The van der Waals surface area contributed by atoms with Gasteiger partial charge in [-0.15, -0.1) is 0 Å². The Balaban J connectivity index is 1.59. The third-order valence-electron chi connectivity index (χ3n) is 4.93. The molecule has 3 unspecified atom stereocenters. The molecule has 1 aromatic carbocycles. The normalized spacial score (nSPS) is 30.7. The third kappa shape index (κ3) is 3.64. The van der Waals surface area contributed by atoms with Gasteiger partial charge in [0.15, 0.2) is 0 Å². The Kier molecular flexibility index (Phi) is 4.92. The molecular formula is C18H27NOS. The minimum absolute atomic E-state index is 0.173. The van der Waals surface area contributed by atoms with Crippen LogP contribution in [-0.2, 0) is 11.2 Å². The van der Waals surface area contributed by atoms with E-state index in [9.17, 15) is 0 Å². The smallest absolute Gasteiger partial charge is 0.0795 e. The molecule has 0 saturated carbocycles. The zero-order valence-corrected chi connectivity index (χ0v) is 14.0. The van der Waals surface area contributed by atoms with Crippen LogP contribution in [0.3, 0.4) is 0 Å². The molecule has 116 valence electrons. The van der Waals surface area contributed by atoms with E-state index in [1.807, 2.05) is 11.8 Å². The lowest BCUT2D eigenvalue weighted by Gasteiger charge is -2.39. The van der Waals surface area contributed by atoms with Gasteiger partial charge in [-0.1, -0.05) is 31.2 Å². The molecule has 2 fully saturated rings. The van der Waals surface area contributed by atoms with Crippen molar-refractivity contribution >= 4 is 11.8 Å². The van der Waals surface area contributed by atoms with Crippen LogP contribution in [0.1, 0.15) is 50.3 Å². The highest BCUT2D eigenvalue weighted by atomic mass is 32.2. The molecule has 0 radical (unpaired) electrons. The van der Waals surface area contributed by atoms with Crippen molar-refractivity contribution in [1.82, 2.24) is 5.32 Å². The Bertz CT molecular complexity index is 453. The van der Waals surface area contributed by atoms with Crippen molar-refractivity contribution in [1.29, 1.82) is 0 Å². The van der Waals surface area contributed by atoms with E-state index in [0.717, 1.165) is 19.4 Å². The lowest BCUT2D eigenvalue weighted by atomic mass is 9.89. The Labute approximate surface area is 133 Å². The summed E-state index contributed by atoms with van der Waals surface area (Å²) in [6.45, 7) is 5.41. The van der Waals surface area contributed by atoms with Crippen molar-refractivity contribution in [2.45, 2.75) is 57.2 Å². The second-order valence-corrected chi connectivity index (χ2v) is 7.61. The highest BCUT2D eigenvalue weighted by molar-refractivity contribution is 7.99. The lowest BCUT2D eigenvalue weighted by molar-refractivity contribution is -0.0711. The van der Waals surface area contributed by atoms with Gasteiger partial charge in [0, 0.05) is 24.4 Å². The largest absolute Gasteiger partial charge is 0.374 e. The molecule has 0 amide bonds. The van der Waals surface area contributed by atoms with Crippen LogP contribution in [0.25, 0.3) is 0 Å². The second-order valence-electron chi connectivity index (χ2n) is 6.51. The molecule has 2 heterocycles. The summed E-state index contributed by atoms with van der Waals surface area (Å²) in [6, 6.07) is 10.1. The predicted octanol–water partition coefficient (Wildman–Crippen LogP) is 3.95. The average Bonchev–Trinajstić information content (AvgIpc) is 2.95. The molecule has 2 aliphatic rings. The Morgan fingerprint density at radius 3 is 2.86 bits per heavy atom. The Morgan fingerprint density at radius 2 is 2.19 bits per heavy atom. The number of benzene rings is 1. The maximum atomic E-state index is 6.11. The Morgan fingerprint density at radius 1 is 1.38 bits per heavy atom. The van der Waals surface area contributed by atoms with Gasteiger partial charge in [0.1, 0.15) is 0 Å². The first-order valence-corrected chi connectivity index (χ1v) is 9.43. The molecule has 2 saturated heterocycles. The average molecular weight is 305 g/mol. The summed E-state index contributed by atoms with van der Waals surface area (Å²) in [7, 11) is 0. The zero-order chi connectivity index (χ0) is 14.7. The summed E-state index contributed by atoms with van der Waals surface area (Å²) in [5, 5.41) is 3.83. The molecule has 2 nitrogen and oxygen atoms in total. The molecule has 3 atom stereocenters. The van der Waals surface area contributed by atoms with E-state index in [4.69, 9.17) is 4.74 Å². The third-order valence-corrected chi connectivity index (χ3v) is 6.16. The fourth-order valence-corrected chi connectivity index (χ4v) is 4.90. The minimum atomic E-state index is 0.173. The Hall–Kier alpha value is -0.510. The number of aryl methyl sites for hydroxylation is 1. The van der Waals surface area contributed by atoms with Gasteiger partial charge in [-0.3, -0.25) is 0 Å². The van der Waals surface area contributed by atoms with E-state index in [2.05, 4.69) is 43.4 Å². The van der Waals surface area contributed by atoms with Crippen molar-refractivity contribution in [3.8, 4) is 0 Å². The van der Waals surface area contributed by atoms with Crippen LogP contribution in [-0.4, -0.2) is 29.8 Å². The fourth-order valence-electron chi connectivity index (χ4n) is 3.53. The molecule has 3 heteroatoms. The van der Waals surface area contributed by atoms with Crippen molar-refractivity contribution in [2.75, 3.05) is 18.1 Å². The van der Waals surface area contributed by atoms with Gasteiger partial charge in [0.2, 0.25) is 0 Å². The first-order chi connectivity index (χ1) is 10.2. The van der Waals surface area contributed by atoms with Crippen molar-refractivity contribution in [2.24, 2.45) is 0 Å².